The van der Waals surface area contributed by atoms with Gasteiger partial charge < -0.3 is 31.2 Å². The molecule has 2 aromatic carbocycles. The Morgan fingerprint density at radius 2 is 1.71 bits per heavy atom. The first kappa shape index (κ1) is 26.2. The lowest BCUT2D eigenvalue weighted by Crippen LogP contribution is -2.45. The van der Waals surface area contributed by atoms with Crippen molar-refractivity contribution in [2.24, 2.45) is 5.73 Å². The Morgan fingerprint density at radius 1 is 1.03 bits per heavy atom. The number of ether oxygens (including phenoxy) is 2. The first-order valence-electron chi connectivity index (χ1n) is 10.7. The molecule has 10 nitrogen and oxygen atoms in total. The molecule has 0 aliphatic rings. The number of nitrogens with two attached hydrogens (primary N) is 1. The van der Waals surface area contributed by atoms with E-state index in [-0.39, 0.29) is 24.9 Å². The summed E-state index contributed by atoms with van der Waals surface area (Å²) in [6, 6.07) is 12.5. The molecule has 0 fully saturated rings. The van der Waals surface area contributed by atoms with Gasteiger partial charge in [-0.25, -0.2) is 9.59 Å². The van der Waals surface area contributed by atoms with E-state index in [0.29, 0.717) is 16.9 Å². The predicted molar refractivity (Wildman–Crippen MR) is 130 cm³/mol. The van der Waals surface area contributed by atoms with Crippen LogP contribution in [0.3, 0.4) is 0 Å². The minimum absolute atomic E-state index is 0.180. The van der Waals surface area contributed by atoms with Gasteiger partial charge in [0, 0.05) is 23.4 Å². The van der Waals surface area contributed by atoms with Gasteiger partial charge in [0.2, 0.25) is 0 Å². The van der Waals surface area contributed by atoms with Gasteiger partial charge in [-0.15, -0.1) is 0 Å². The van der Waals surface area contributed by atoms with E-state index in [0.717, 1.165) is 5.56 Å². The van der Waals surface area contributed by atoms with Crippen LogP contribution < -0.4 is 21.7 Å². The zero-order chi connectivity index (χ0) is 25.3. The number of rotatable bonds is 8. The van der Waals surface area contributed by atoms with Crippen LogP contribution >= 0.6 is 0 Å². The molecule has 2 aromatic rings. The van der Waals surface area contributed by atoms with Crippen LogP contribution in [0.15, 0.2) is 48.5 Å². The average Bonchev–Trinajstić information content (AvgIpc) is 2.73. The number of hydrogen-bond acceptors (Lipinski definition) is 6. The highest BCUT2D eigenvalue weighted by atomic mass is 16.6. The zero-order valence-electron chi connectivity index (χ0n) is 19.7. The van der Waals surface area contributed by atoms with Gasteiger partial charge in [-0.05, 0) is 63.6 Å². The number of benzene rings is 2. The van der Waals surface area contributed by atoms with Crippen LogP contribution in [0.25, 0.3) is 0 Å². The molecule has 10 heteroatoms. The largest absolute Gasteiger partial charge is 0.464 e. The Morgan fingerprint density at radius 3 is 2.29 bits per heavy atom. The average molecular weight is 470 g/mol. The number of carbonyl (C=O) groups is 3. The number of anilines is 2. The van der Waals surface area contributed by atoms with Crippen LogP contribution in [0.5, 0.6) is 0 Å². The molecule has 0 bridgehead atoms. The van der Waals surface area contributed by atoms with Crippen molar-refractivity contribution < 1.29 is 23.9 Å². The van der Waals surface area contributed by atoms with Gasteiger partial charge >= 0.3 is 12.1 Å². The minimum atomic E-state index is -0.924. The van der Waals surface area contributed by atoms with Gasteiger partial charge in [-0.3, -0.25) is 10.2 Å². The monoisotopic (exact) mass is 469 g/mol. The molecule has 0 saturated heterocycles. The molecule has 0 spiro atoms. The highest BCUT2D eigenvalue weighted by Crippen LogP contribution is 2.16. The summed E-state index contributed by atoms with van der Waals surface area (Å²) in [5.41, 5.74) is 6.83. The van der Waals surface area contributed by atoms with Gasteiger partial charge in [-0.1, -0.05) is 18.2 Å². The summed E-state index contributed by atoms with van der Waals surface area (Å²) in [4.78, 5) is 37.1. The molecule has 0 aliphatic carbocycles. The van der Waals surface area contributed by atoms with Gasteiger partial charge in [-0.2, -0.15) is 0 Å². The lowest BCUT2D eigenvalue weighted by molar-refractivity contribution is -0.145. The van der Waals surface area contributed by atoms with Crippen molar-refractivity contribution in [1.82, 2.24) is 5.32 Å². The molecule has 6 N–H and O–H groups in total. The molecule has 0 unspecified atom stereocenters. The number of carbonyl (C=O) groups excluding carboxylic acids is 3. The minimum Gasteiger partial charge on any atom is -0.464 e. The van der Waals surface area contributed by atoms with Crippen LogP contribution in [0, 0.1) is 5.41 Å². The molecule has 0 aromatic heterocycles. The van der Waals surface area contributed by atoms with E-state index in [1.807, 2.05) is 0 Å². The first-order valence-corrected chi connectivity index (χ1v) is 10.7. The Hall–Kier alpha value is -4.08. The fraction of sp³-hybridized carbons (Fsp3) is 0.333. The maximum Gasteiger partial charge on any atom is 0.408 e. The molecule has 0 saturated carbocycles. The molecule has 1 atom stereocenters. The fourth-order valence-electron chi connectivity index (χ4n) is 2.94. The number of nitrogens with one attached hydrogen (secondary N) is 4. The van der Waals surface area contributed by atoms with Crippen LogP contribution in [-0.4, -0.2) is 42.2 Å². The second-order valence-corrected chi connectivity index (χ2v) is 8.43. The summed E-state index contributed by atoms with van der Waals surface area (Å²) in [7, 11) is 0. The van der Waals surface area contributed by atoms with Crippen LogP contribution in [0.1, 0.15) is 43.6 Å². The van der Waals surface area contributed by atoms with E-state index in [9.17, 15) is 14.4 Å². The van der Waals surface area contributed by atoms with E-state index in [2.05, 4.69) is 16.0 Å². The SMILES string of the molecule is CCOC(=O)[C@H](Cc1ccc(NC(=O)c2cccc(NC(=N)N)c2)cc1)NC(=O)OC(C)(C)C. The quantitative estimate of drug-likeness (QED) is 0.226. The highest BCUT2D eigenvalue weighted by molar-refractivity contribution is 6.05. The molecule has 0 aliphatic heterocycles. The topological polar surface area (TPSA) is 156 Å². The van der Waals surface area contributed by atoms with E-state index in [4.69, 9.17) is 20.6 Å². The van der Waals surface area contributed by atoms with E-state index in [1.165, 1.54) is 0 Å². The summed E-state index contributed by atoms with van der Waals surface area (Å²) >= 11 is 0. The van der Waals surface area contributed by atoms with E-state index < -0.39 is 23.7 Å². The normalized spacial score (nSPS) is 11.6. The summed E-state index contributed by atoms with van der Waals surface area (Å²) in [5.74, 6) is -1.13. The summed E-state index contributed by atoms with van der Waals surface area (Å²) < 4.78 is 10.3. The standard InChI is InChI=1S/C24H31N5O5/c1-5-33-21(31)19(29-23(32)34-24(2,3)4)13-15-9-11-17(12-10-15)27-20(30)16-7-6-8-18(14-16)28-22(25)26/h6-12,14,19H,5,13H2,1-4H3,(H,27,30)(H,29,32)(H4,25,26,28)/t19-/m0/s1. The molecular formula is C24H31N5O5. The van der Waals surface area contributed by atoms with Crippen LogP contribution in [-0.2, 0) is 20.7 Å². The summed E-state index contributed by atoms with van der Waals surface area (Å²) in [5, 5.41) is 15.3. The van der Waals surface area contributed by atoms with E-state index in [1.54, 1.807) is 76.2 Å². The molecule has 0 heterocycles. The van der Waals surface area contributed by atoms with Crippen molar-refractivity contribution in [3.05, 3.63) is 59.7 Å². The van der Waals surface area contributed by atoms with Crippen LogP contribution in [0.4, 0.5) is 16.2 Å². The lowest BCUT2D eigenvalue weighted by atomic mass is 10.1. The maximum absolute atomic E-state index is 12.6. The third kappa shape index (κ3) is 8.81. The summed E-state index contributed by atoms with van der Waals surface area (Å²) in [6.07, 6.45) is -0.527. The summed E-state index contributed by atoms with van der Waals surface area (Å²) in [6.45, 7) is 7.06. The smallest absolute Gasteiger partial charge is 0.408 e. The second-order valence-electron chi connectivity index (χ2n) is 8.43. The van der Waals surface area contributed by atoms with Gasteiger partial charge in [0.1, 0.15) is 11.6 Å². The zero-order valence-corrected chi connectivity index (χ0v) is 19.7. The van der Waals surface area contributed by atoms with E-state index >= 15 is 0 Å². The molecule has 2 rings (SSSR count). The van der Waals surface area contributed by atoms with Crippen molar-refractivity contribution in [2.75, 3.05) is 17.2 Å². The number of amides is 2. The van der Waals surface area contributed by atoms with Gasteiger partial charge in [0.15, 0.2) is 5.96 Å². The highest BCUT2D eigenvalue weighted by Gasteiger charge is 2.25. The first-order chi connectivity index (χ1) is 16.0. The predicted octanol–water partition coefficient (Wildman–Crippen LogP) is 3.24. The number of guanidine groups is 1. The van der Waals surface area contributed by atoms with Crippen molar-refractivity contribution in [3.63, 3.8) is 0 Å². The molecular weight excluding hydrogens is 438 g/mol. The molecule has 0 radical (unpaired) electrons. The van der Waals surface area contributed by atoms with Crippen molar-refractivity contribution >= 4 is 35.3 Å². The third-order valence-electron chi connectivity index (χ3n) is 4.32. The molecule has 2 amide bonds. The Kier molecular flexibility index (Phi) is 9.00. The van der Waals surface area contributed by atoms with Gasteiger partial charge in [0.25, 0.3) is 5.91 Å². The second kappa shape index (κ2) is 11.7. The number of hydrogen-bond donors (Lipinski definition) is 5. The Balaban J connectivity index is 2.06. The maximum atomic E-state index is 12.6. The Labute approximate surface area is 198 Å². The molecule has 34 heavy (non-hydrogen) atoms. The lowest BCUT2D eigenvalue weighted by Gasteiger charge is -2.23. The van der Waals surface area contributed by atoms with Gasteiger partial charge in [0.05, 0.1) is 6.61 Å². The Bertz CT molecular complexity index is 1030. The van der Waals surface area contributed by atoms with Crippen LogP contribution in [0.2, 0.25) is 0 Å². The van der Waals surface area contributed by atoms with Crippen molar-refractivity contribution in [3.8, 4) is 0 Å². The molecule has 182 valence electrons. The van der Waals surface area contributed by atoms with Crippen molar-refractivity contribution in [1.29, 1.82) is 5.41 Å². The number of esters is 1. The number of alkyl carbamates (subject to hydrolysis) is 1. The van der Waals surface area contributed by atoms with Crippen molar-refractivity contribution in [2.45, 2.75) is 45.8 Å². The fourth-order valence-corrected chi connectivity index (χ4v) is 2.94. The third-order valence-corrected chi connectivity index (χ3v) is 4.32.